The van der Waals surface area contributed by atoms with Gasteiger partial charge in [0, 0.05) is 17.9 Å². The minimum atomic E-state index is -1.20. The number of aliphatic imine (C=N–C) groups is 1. The number of rotatable bonds is 2. The molecule has 2 rings (SSSR count). The maximum Gasteiger partial charge on any atom is 0.161 e. The summed E-state index contributed by atoms with van der Waals surface area (Å²) in [7, 11) is 0. The summed E-state index contributed by atoms with van der Waals surface area (Å²) in [6.45, 7) is 4.10. The third-order valence-corrected chi connectivity index (χ3v) is 3.68. The Labute approximate surface area is 108 Å². The summed E-state index contributed by atoms with van der Waals surface area (Å²) in [4.78, 5) is 4.36. The van der Waals surface area contributed by atoms with Gasteiger partial charge in [0.25, 0.3) is 0 Å². The molecular weight excluding hydrogens is 261 g/mol. The zero-order valence-electron chi connectivity index (χ0n) is 10.0. The number of amidine groups is 1. The Balaban J connectivity index is 2.16. The third kappa shape index (κ3) is 2.80. The summed E-state index contributed by atoms with van der Waals surface area (Å²) in [5, 5.41) is 3.23. The topological polar surface area (TPSA) is 24.4 Å². The van der Waals surface area contributed by atoms with E-state index in [-0.39, 0.29) is 11.7 Å². The molecule has 0 spiro atoms. The van der Waals surface area contributed by atoms with Gasteiger partial charge in [0.15, 0.2) is 16.8 Å². The van der Waals surface area contributed by atoms with Gasteiger partial charge >= 0.3 is 0 Å². The lowest BCUT2D eigenvalue weighted by Crippen LogP contribution is -2.12. The number of nitrogens with one attached hydrogen (secondary N) is 1. The van der Waals surface area contributed by atoms with Gasteiger partial charge in [0.2, 0.25) is 0 Å². The van der Waals surface area contributed by atoms with Gasteiger partial charge < -0.3 is 5.32 Å². The van der Waals surface area contributed by atoms with Crippen LogP contribution in [0.3, 0.4) is 0 Å². The predicted molar refractivity (Wildman–Crippen MR) is 68.5 cm³/mol. The summed E-state index contributed by atoms with van der Waals surface area (Å²) in [5.41, 5.74) is -0.0930. The first kappa shape index (κ1) is 13.3. The number of hydrogen-bond acceptors (Lipinski definition) is 3. The molecule has 0 aliphatic carbocycles. The molecule has 1 unspecified atom stereocenters. The Morgan fingerprint density at radius 2 is 1.89 bits per heavy atom. The highest BCUT2D eigenvalue weighted by molar-refractivity contribution is 8.14. The van der Waals surface area contributed by atoms with Crippen molar-refractivity contribution in [3.05, 3.63) is 29.6 Å². The van der Waals surface area contributed by atoms with Gasteiger partial charge in [-0.1, -0.05) is 25.6 Å². The van der Waals surface area contributed by atoms with Crippen LogP contribution < -0.4 is 5.32 Å². The van der Waals surface area contributed by atoms with Crippen molar-refractivity contribution in [2.45, 2.75) is 19.9 Å². The fourth-order valence-electron chi connectivity index (χ4n) is 1.53. The largest absolute Gasteiger partial charge is 0.332 e. The van der Waals surface area contributed by atoms with Crippen LogP contribution in [0.4, 0.5) is 18.9 Å². The zero-order valence-corrected chi connectivity index (χ0v) is 10.8. The first-order valence-corrected chi connectivity index (χ1v) is 6.58. The van der Waals surface area contributed by atoms with Crippen molar-refractivity contribution in [2.24, 2.45) is 10.9 Å². The number of nitrogens with zero attached hydrogens (tertiary/aromatic N) is 1. The SMILES string of the molecule is CC(C)C1CSC(Nc2cc(F)c(F)cc2F)=N1. The van der Waals surface area contributed by atoms with Crippen molar-refractivity contribution in [3.63, 3.8) is 0 Å². The lowest BCUT2D eigenvalue weighted by molar-refractivity contribution is 0.496. The van der Waals surface area contributed by atoms with Crippen LogP contribution in [-0.2, 0) is 0 Å². The molecule has 98 valence electrons. The molecule has 0 radical (unpaired) electrons. The third-order valence-electron chi connectivity index (χ3n) is 2.70. The highest BCUT2D eigenvalue weighted by Gasteiger charge is 2.22. The average molecular weight is 274 g/mol. The fourth-order valence-corrected chi connectivity index (χ4v) is 2.71. The summed E-state index contributed by atoms with van der Waals surface area (Å²) in [6, 6.07) is 1.50. The smallest absolute Gasteiger partial charge is 0.161 e. The molecule has 18 heavy (non-hydrogen) atoms. The van der Waals surface area contributed by atoms with Crippen LogP contribution in [0, 0.1) is 23.4 Å². The second-order valence-electron chi connectivity index (χ2n) is 4.43. The van der Waals surface area contributed by atoms with E-state index in [1.54, 1.807) is 0 Å². The van der Waals surface area contributed by atoms with Gasteiger partial charge in [-0.25, -0.2) is 13.2 Å². The molecule has 1 N–H and O–H groups in total. The molecule has 1 aliphatic heterocycles. The van der Waals surface area contributed by atoms with E-state index in [9.17, 15) is 13.2 Å². The molecule has 6 heteroatoms. The molecule has 1 aromatic carbocycles. The number of hydrogen-bond donors (Lipinski definition) is 1. The van der Waals surface area contributed by atoms with Crippen LogP contribution in [0.25, 0.3) is 0 Å². The molecule has 2 nitrogen and oxygen atoms in total. The zero-order chi connectivity index (χ0) is 13.3. The van der Waals surface area contributed by atoms with Gasteiger partial charge in [0.05, 0.1) is 11.7 Å². The molecule has 0 fully saturated rings. The van der Waals surface area contributed by atoms with Gasteiger partial charge in [-0.05, 0) is 5.92 Å². The molecular formula is C12H13F3N2S. The normalized spacial score (nSPS) is 19.2. The van der Waals surface area contributed by atoms with Crippen LogP contribution in [0.2, 0.25) is 0 Å². The molecule has 1 atom stereocenters. The van der Waals surface area contributed by atoms with Gasteiger partial charge in [-0.3, -0.25) is 4.99 Å². The van der Waals surface area contributed by atoms with E-state index in [2.05, 4.69) is 24.2 Å². The molecule has 1 aromatic rings. The molecule has 0 aromatic heterocycles. The molecule has 1 heterocycles. The van der Waals surface area contributed by atoms with Gasteiger partial charge in [-0.15, -0.1) is 0 Å². The lowest BCUT2D eigenvalue weighted by Gasteiger charge is -2.08. The quantitative estimate of drug-likeness (QED) is 0.833. The van der Waals surface area contributed by atoms with Gasteiger partial charge in [-0.2, -0.15) is 0 Å². The van der Waals surface area contributed by atoms with E-state index >= 15 is 0 Å². The predicted octanol–water partition coefficient (Wildman–Crippen LogP) is 3.64. The standard InChI is InChI=1S/C12H13F3N2S/c1-6(2)11-5-18-12(17-11)16-10-4-8(14)7(13)3-9(10)15/h3-4,6,11H,5H2,1-2H3,(H,16,17). The second-order valence-corrected chi connectivity index (χ2v) is 5.44. The van der Waals surface area contributed by atoms with E-state index < -0.39 is 17.5 Å². The Morgan fingerprint density at radius 3 is 2.50 bits per heavy atom. The minimum absolute atomic E-state index is 0.0930. The molecule has 1 aliphatic rings. The van der Waals surface area contributed by atoms with E-state index in [1.807, 2.05) is 0 Å². The monoisotopic (exact) mass is 274 g/mol. The van der Waals surface area contributed by atoms with Crippen molar-refractivity contribution < 1.29 is 13.2 Å². The van der Waals surface area contributed by atoms with Gasteiger partial charge in [0.1, 0.15) is 5.82 Å². The van der Waals surface area contributed by atoms with Crippen molar-refractivity contribution >= 4 is 22.6 Å². The van der Waals surface area contributed by atoms with Crippen LogP contribution in [0.1, 0.15) is 13.8 Å². The Morgan fingerprint density at radius 1 is 1.22 bits per heavy atom. The average Bonchev–Trinajstić information content (AvgIpc) is 2.74. The number of anilines is 1. The number of benzene rings is 1. The van der Waals surface area contributed by atoms with Crippen LogP contribution in [-0.4, -0.2) is 17.0 Å². The highest BCUT2D eigenvalue weighted by atomic mass is 32.2. The van der Waals surface area contributed by atoms with Crippen LogP contribution in [0.15, 0.2) is 17.1 Å². The Kier molecular flexibility index (Phi) is 3.85. The minimum Gasteiger partial charge on any atom is -0.332 e. The Bertz CT molecular complexity index is 488. The fraction of sp³-hybridized carbons (Fsp3) is 0.417. The lowest BCUT2D eigenvalue weighted by atomic mass is 10.1. The van der Waals surface area contributed by atoms with Crippen LogP contribution >= 0.6 is 11.8 Å². The number of halogens is 3. The molecule has 0 saturated carbocycles. The van der Waals surface area contributed by atoms with Crippen molar-refractivity contribution in [1.82, 2.24) is 0 Å². The maximum absolute atomic E-state index is 13.4. The number of thioether (sulfide) groups is 1. The van der Waals surface area contributed by atoms with E-state index in [4.69, 9.17) is 0 Å². The highest BCUT2D eigenvalue weighted by Crippen LogP contribution is 2.26. The summed E-state index contributed by atoms with van der Waals surface area (Å²) >= 11 is 1.45. The molecule has 0 saturated heterocycles. The van der Waals surface area contributed by atoms with Crippen LogP contribution in [0.5, 0.6) is 0 Å². The first-order chi connectivity index (χ1) is 8.47. The second kappa shape index (κ2) is 5.22. The van der Waals surface area contributed by atoms with E-state index in [0.29, 0.717) is 17.2 Å². The Hall–Kier alpha value is -1.17. The summed E-state index contributed by atoms with van der Waals surface area (Å²) < 4.78 is 39.2. The van der Waals surface area contributed by atoms with Crippen molar-refractivity contribution in [1.29, 1.82) is 0 Å². The maximum atomic E-state index is 13.4. The molecule has 0 amide bonds. The first-order valence-electron chi connectivity index (χ1n) is 5.59. The van der Waals surface area contributed by atoms with Crippen molar-refractivity contribution in [2.75, 3.05) is 11.1 Å². The summed E-state index contributed by atoms with van der Waals surface area (Å²) in [5.74, 6) is -1.90. The van der Waals surface area contributed by atoms with E-state index in [1.165, 1.54) is 11.8 Å². The van der Waals surface area contributed by atoms with E-state index in [0.717, 1.165) is 11.8 Å². The summed E-state index contributed by atoms with van der Waals surface area (Å²) in [6.07, 6.45) is 0. The molecule has 0 bridgehead atoms. The van der Waals surface area contributed by atoms with Crippen molar-refractivity contribution in [3.8, 4) is 0 Å².